The lowest BCUT2D eigenvalue weighted by Gasteiger charge is -2.27. The zero-order valence-corrected chi connectivity index (χ0v) is 22.3. The summed E-state index contributed by atoms with van der Waals surface area (Å²) in [4.78, 5) is 12.7. The standard InChI is InChI=1S/C31H34N4O2/c1-30(2,3)24-16-20(17-25(28(24)36)31(4,5)6)19-32-35-29(37)27-18-26(33-34-27)23-14-12-22(13-15-23)21-10-8-7-9-11-21/h7-19,36H,1-6H3,(H,33,34)(H,35,37). The predicted molar refractivity (Wildman–Crippen MR) is 150 cm³/mol. The minimum Gasteiger partial charge on any atom is -0.507 e. The van der Waals surface area contributed by atoms with Crippen LogP contribution in [0, 0.1) is 0 Å². The van der Waals surface area contributed by atoms with Gasteiger partial charge in [0, 0.05) is 16.7 Å². The molecule has 1 aromatic heterocycles. The molecule has 6 heteroatoms. The molecule has 0 spiro atoms. The molecule has 0 aliphatic carbocycles. The lowest BCUT2D eigenvalue weighted by atomic mass is 9.78. The topological polar surface area (TPSA) is 90.4 Å². The summed E-state index contributed by atoms with van der Waals surface area (Å²) in [6, 6.07) is 23.7. The normalized spacial score (nSPS) is 12.2. The summed E-state index contributed by atoms with van der Waals surface area (Å²) >= 11 is 0. The molecule has 6 nitrogen and oxygen atoms in total. The van der Waals surface area contributed by atoms with Crippen molar-refractivity contribution < 1.29 is 9.90 Å². The molecule has 0 aliphatic rings. The summed E-state index contributed by atoms with van der Waals surface area (Å²) in [5.41, 5.74) is 8.72. The lowest BCUT2D eigenvalue weighted by molar-refractivity contribution is 0.0950. The third-order valence-electron chi connectivity index (χ3n) is 6.24. The first-order valence-corrected chi connectivity index (χ1v) is 12.4. The van der Waals surface area contributed by atoms with E-state index in [4.69, 9.17) is 0 Å². The zero-order valence-electron chi connectivity index (χ0n) is 22.3. The summed E-state index contributed by atoms with van der Waals surface area (Å²) in [6.07, 6.45) is 1.60. The highest BCUT2D eigenvalue weighted by molar-refractivity contribution is 5.94. The van der Waals surface area contributed by atoms with Crippen LogP contribution in [0.2, 0.25) is 0 Å². The summed E-state index contributed by atoms with van der Waals surface area (Å²) in [7, 11) is 0. The molecule has 1 amide bonds. The van der Waals surface area contributed by atoms with Gasteiger partial charge in [-0.25, -0.2) is 5.43 Å². The quantitative estimate of drug-likeness (QED) is 0.210. The fourth-order valence-corrected chi connectivity index (χ4v) is 4.15. The molecule has 4 rings (SSSR count). The van der Waals surface area contributed by atoms with Crippen LogP contribution in [0.15, 0.2) is 77.9 Å². The number of phenolic OH excluding ortho intramolecular Hbond substituents is 1. The fourth-order valence-electron chi connectivity index (χ4n) is 4.15. The number of hydrazone groups is 1. The molecule has 1 heterocycles. The Hall–Kier alpha value is -4.19. The number of benzene rings is 3. The minimum absolute atomic E-state index is 0.247. The van der Waals surface area contributed by atoms with Crippen molar-refractivity contribution >= 4 is 12.1 Å². The van der Waals surface area contributed by atoms with Crippen molar-refractivity contribution in [3.63, 3.8) is 0 Å². The number of nitrogens with zero attached hydrogens (tertiary/aromatic N) is 2. The van der Waals surface area contributed by atoms with E-state index in [9.17, 15) is 9.90 Å². The van der Waals surface area contributed by atoms with Crippen LogP contribution >= 0.6 is 0 Å². The monoisotopic (exact) mass is 494 g/mol. The molecule has 3 N–H and O–H groups in total. The number of carbonyl (C=O) groups is 1. The number of aromatic nitrogens is 2. The van der Waals surface area contributed by atoms with E-state index < -0.39 is 0 Å². The number of phenols is 1. The first-order valence-electron chi connectivity index (χ1n) is 12.4. The Morgan fingerprint density at radius 3 is 1.95 bits per heavy atom. The number of nitrogens with one attached hydrogen (secondary N) is 2. The average molecular weight is 495 g/mol. The third-order valence-corrected chi connectivity index (χ3v) is 6.24. The van der Waals surface area contributed by atoms with Crippen molar-refractivity contribution in [3.8, 4) is 28.1 Å². The van der Waals surface area contributed by atoms with Crippen LogP contribution in [-0.2, 0) is 10.8 Å². The Morgan fingerprint density at radius 2 is 1.38 bits per heavy atom. The van der Waals surface area contributed by atoms with Gasteiger partial charge in [0.1, 0.15) is 11.4 Å². The van der Waals surface area contributed by atoms with Crippen molar-refractivity contribution in [2.45, 2.75) is 52.4 Å². The maximum atomic E-state index is 12.7. The van der Waals surface area contributed by atoms with Gasteiger partial charge in [-0.05, 0) is 45.7 Å². The van der Waals surface area contributed by atoms with Crippen LogP contribution in [0.1, 0.15) is 68.7 Å². The Morgan fingerprint density at radius 1 is 0.838 bits per heavy atom. The number of amides is 1. The number of aromatic hydroxyl groups is 1. The van der Waals surface area contributed by atoms with Crippen LogP contribution in [0.25, 0.3) is 22.4 Å². The molecule has 3 aromatic carbocycles. The number of carbonyl (C=O) groups excluding carboxylic acids is 1. The molecule has 0 saturated carbocycles. The van der Waals surface area contributed by atoms with E-state index in [0.29, 0.717) is 17.1 Å². The average Bonchev–Trinajstić information content (AvgIpc) is 3.34. The highest BCUT2D eigenvalue weighted by atomic mass is 16.3. The van der Waals surface area contributed by atoms with Gasteiger partial charge in [-0.1, -0.05) is 96.1 Å². The summed E-state index contributed by atoms with van der Waals surface area (Å²) in [5, 5.41) is 22.2. The van der Waals surface area contributed by atoms with Crippen molar-refractivity contribution in [2.75, 3.05) is 0 Å². The van der Waals surface area contributed by atoms with Gasteiger partial charge < -0.3 is 5.11 Å². The molecule has 0 atom stereocenters. The van der Waals surface area contributed by atoms with Gasteiger partial charge >= 0.3 is 0 Å². The fraction of sp³-hybridized carbons (Fsp3) is 0.258. The maximum Gasteiger partial charge on any atom is 0.289 e. The minimum atomic E-state index is -0.387. The van der Waals surface area contributed by atoms with Gasteiger partial charge in [0.25, 0.3) is 5.91 Å². The Bertz CT molecular complexity index is 1390. The Kier molecular flexibility index (Phi) is 7.03. The highest BCUT2D eigenvalue weighted by Crippen LogP contribution is 2.39. The first-order chi connectivity index (χ1) is 17.4. The summed E-state index contributed by atoms with van der Waals surface area (Å²) in [6.45, 7) is 12.3. The number of rotatable bonds is 5. The molecule has 0 fully saturated rings. The zero-order chi connectivity index (χ0) is 26.8. The smallest absolute Gasteiger partial charge is 0.289 e. The molecule has 37 heavy (non-hydrogen) atoms. The van der Waals surface area contributed by atoms with Crippen LogP contribution in [0.5, 0.6) is 5.75 Å². The second-order valence-corrected chi connectivity index (χ2v) is 11.3. The molecule has 0 radical (unpaired) electrons. The van der Waals surface area contributed by atoms with E-state index in [1.165, 1.54) is 0 Å². The highest BCUT2D eigenvalue weighted by Gasteiger charge is 2.26. The first kappa shape index (κ1) is 25.9. The van der Waals surface area contributed by atoms with Crippen molar-refractivity contribution in [3.05, 3.63) is 95.2 Å². The molecule has 0 bridgehead atoms. The van der Waals surface area contributed by atoms with E-state index in [-0.39, 0.29) is 16.7 Å². The summed E-state index contributed by atoms with van der Waals surface area (Å²) < 4.78 is 0. The second kappa shape index (κ2) is 10.1. The molecule has 0 aliphatic heterocycles. The van der Waals surface area contributed by atoms with Gasteiger partial charge in [-0.2, -0.15) is 10.2 Å². The van der Waals surface area contributed by atoms with E-state index >= 15 is 0 Å². The lowest BCUT2D eigenvalue weighted by Crippen LogP contribution is -2.19. The number of hydrogen-bond donors (Lipinski definition) is 3. The largest absolute Gasteiger partial charge is 0.507 e. The number of H-pyrrole nitrogens is 1. The predicted octanol–water partition coefficient (Wildman–Crippen LogP) is 6.81. The number of aromatic amines is 1. The molecular weight excluding hydrogens is 460 g/mol. The molecule has 0 saturated heterocycles. The maximum absolute atomic E-state index is 12.7. The van der Waals surface area contributed by atoms with Gasteiger partial charge in [-0.3, -0.25) is 9.89 Å². The summed E-state index contributed by atoms with van der Waals surface area (Å²) in [5.74, 6) is -0.0789. The van der Waals surface area contributed by atoms with Crippen LogP contribution < -0.4 is 5.43 Å². The van der Waals surface area contributed by atoms with Crippen molar-refractivity contribution in [2.24, 2.45) is 5.10 Å². The van der Waals surface area contributed by atoms with Crippen LogP contribution in [-0.4, -0.2) is 27.4 Å². The molecule has 190 valence electrons. The van der Waals surface area contributed by atoms with Crippen molar-refractivity contribution in [1.82, 2.24) is 15.6 Å². The molecule has 0 unspecified atom stereocenters. The Labute approximate surface area is 218 Å². The number of hydrogen-bond acceptors (Lipinski definition) is 4. The van der Waals surface area contributed by atoms with Crippen LogP contribution in [0.3, 0.4) is 0 Å². The second-order valence-electron chi connectivity index (χ2n) is 11.3. The SMILES string of the molecule is CC(C)(C)c1cc(C=NNC(=O)c2cc(-c3ccc(-c4ccccc4)cc3)n[nH]2)cc(C(C)(C)C)c1O. The van der Waals surface area contributed by atoms with Crippen molar-refractivity contribution in [1.29, 1.82) is 0 Å². The third kappa shape index (κ3) is 5.97. The van der Waals surface area contributed by atoms with E-state index in [2.05, 4.69) is 74.4 Å². The van der Waals surface area contributed by atoms with Crippen LogP contribution in [0.4, 0.5) is 0 Å². The van der Waals surface area contributed by atoms with E-state index in [1.807, 2.05) is 54.6 Å². The molecular formula is C31H34N4O2. The van der Waals surface area contributed by atoms with Gasteiger partial charge in [0.2, 0.25) is 0 Å². The van der Waals surface area contributed by atoms with E-state index in [0.717, 1.165) is 33.4 Å². The Balaban J connectivity index is 1.48. The van der Waals surface area contributed by atoms with Gasteiger partial charge in [-0.15, -0.1) is 0 Å². The van der Waals surface area contributed by atoms with Gasteiger partial charge in [0.05, 0.1) is 11.9 Å². The van der Waals surface area contributed by atoms with E-state index in [1.54, 1.807) is 12.3 Å². The molecule has 4 aromatic rings. The van der Waals surface area contributed by atoms with Gasteiger partial charge in [0.15, 0.2) is 0 Å².